The summed E-state index contributed by atoms with van der Waals surface area (Å²) in [5, 5.41) is 13.8. The molecule has 0 radical (unpaired) electrons. The van der Waals surface area contributed by atoms with Gasteiger partial charge in [-0.15, -0.1) is 0 Å². The zero-order valence-corrected chi connectivity index (χ0v) is 14.7. The molecule has 7 heteroatoms. The van der Waals surface area contributed by atoms with Crippen LogP contribution in [0.5, 0.6) is 0 Å². The van der Waals surface area contributed by atoms with Gasteiger partial charge in [0, 0.05) is 19.5 Å². The number of halogens is 1. The number of carboxylic acids is 1. The summed E-state index contributed by atoms with van der Waals surface area (Å²) in [5.41, 5.74) is 2.03. The number of benzene rings is 1. The Balaban J connectivity index is 1.74. The van der Waals surface area contributed by atoms with Crippen LogP contribution in [0.15, 0.2) is 30.5 Å². The molecule has 1 aromatic carbocycles. The Morgan fingerprint density at radius 3 is 2.60 bits per heavy atom. The van der Waals surface area contributed by atoms with Gasteiger partial charge in [0.1, 0.15) is 0 Å². The second-order valence-corrected chi connectivity index (χ2v) is 6.75. The van der Waals surface area contributed by atoms with E-state index in [-0.39, 0.29) is 18.2 Å². The molecule has 0 unspecified atom stereocenters. The average molecular weight is 362 g/mol. The Hall–Kier alpha value is -2.34. The molecule has 0 spiro atoms. The lowest BCUT2D eigenvalue weighted by Crippen LogP contribution is -2.39. The predicted octanol–water partition coefficient (Wildman–Crippen LogP) is 3.16. The van der Waals surface area contributed by atoms with Gasteiger partial charge in [-0.25, -0.2) is 4.68 Å². The topological polar surface area (TPSA) is 75.4 Å². The van der Waals surface area contributed by atoms with Crippen LogP contribution in [0.4, 0.5) is 0 Å². The van der Waals surface area contributed by atoms with E-state index in [2.05, 4.69) is 5.10 Å². The Morgan fingerprint density at radius 1 is 1.28 bits per heavy atom. The SMILES string of the molecule is Cc1c(C(=O)N2CCC(CC(=O)O)CC2)cnn1-c1ccccc1Cl. The van der Waals surface area contributed by atoms with Crippen molar-refractivity contribution < 1.29 is 14.7 Å². The van der Waals surface area contributed by atoms with Gasteiger partial charge in [0.25, 0.3) is 5.91 Å². The fraction of sp³-hybridized carbons (Fsp3) is 0.389. The summed E-state index contributed by atoms with van der Waals surface area (Å²) in [7, 11) is 0. The van der Waals surface area contributed by atoms with Crippen LogP contribution < -0.4 is 0 Å². The van der Waals surface area contributed by atoms with Crippen molar-refractivity contribution in [3.05, 3.63) is 46.7 Å². The van der Waals surface area contributed by atoms with Crippen LogP contribution in [0.1, 0.15) is 35.3 Å². The number of likely N-dealkylation sites (tertiary alicyclic amines) is 1. The van der Waals surface area contributed by atoms with Crippen LogP contribution >= 0.6 is 11.6 Å². The lowest BCUT2D eigenvalue weighted by molar-refractivity contribution is -0.138. The fourth-order valence-electron chi connectivity index (χ4n) is 3.24. The zero-order chi connectivity index (χ0) is 18.0. The molecule has 0 aliphatic carbocycles. The normalized spacial score (nSPS) is 15.4. The minimum atomic E-state index is -0.776. The van der Waals surface area contributed by atoms with E-state index in [0.717, 1.165) is 24.2 Å². The van der Waals surface area contributed by atoms with Gasteiger partial charge in [-0.05, 0) is 37.8 Å². The van der Waals surface area contributed by atoms with Crippen LogP contribution in [0.25, 0.3) is 5.69 Å². The number of amides is 1. The first-order valence-electron chi connectivity index (χ1n) is 8.28. The van der Waals surface area contributed by atoms with E-state index in [1.54, 1.807) is 21.8 Å². The Morgan fingerprint density at radius 2 is 1.96 bits per heavy atom. The molecule has 0 saturated carbocycles. The highest BCUT2D eigenvalue weighted by Crippen LogP contribution is 2.25. The molecule has 0 bridgehead atoms. The third-order valence-corrected chi connectivity index (χ3v) is 5.01. The molecular formula is C18H20ClN3O3. The van der Waals surface area contributed by atoms with Gasteiger partial charge in [-0.3, -0.25) is 9.59 Å². The first-order valence-corrected chi connectivity index (χ1v) is 8.65. The minimum absolute atomic E-state index is 0.0652. The van der Waals surface area contributed by atoms with E-state index in [0.29, 0.717) is 23.7 Å². The smallest absolute Gasteiger partial charge is 0.303 e. The average Bonchev–Trinajstić information content (AvgIpc) is 2.96. The molecule has 1 aromatic heterocycles. The number of rotatable bonds is 4. The van der Waals surface area contributed by atoms with Crippen molar-refractivity contribution in [1.29, 1.82) is 0 Å². The molecule has 1 aliphatic rings. The molecule has 2 aromatic rings. The van der Waals surface area contributed by atoms with E-state index in [4.69, 9.17) is 16.7 Å². The van der Waals surface area contributed by atoms with Crippen molar-refractivity contribution in [1.82, 2.24) is 14.7 Å². The van der Waals surface area contributed by atoms with E-state index in [1.165, 1.54) is 0 Å². The number of aromatic nitrogens is 2. The quantitative estimate of drug-likeness (QED) is 0.907. The van der Waals surface area contributed by atoms with Crippen molar-refractivity contribution in [2.75, 3.05) is 13.1 Å². The standard InChI is InChI=1S/C18H20ClN3O3/c1-12-14(11-20-22(12)16-5-3-2-4-15(16)19)18(25)21-8-6-13(7-9-21)10-17(23)24/h2-5,11,13H,6-10H2,1H3,(H,23,24). The lowest BCUT2D eigenvalue weighted by Gasteiger charge is -2.31. The molecule has 132 valence electrons. The van der Waals surface area contributed by atoms with Gasteiger partial charge in [0.15, 0.2) is 0 Å². The van der Waals surface area contributed by atoms with Gasteiger partial charge in [-0.2, -0.15) is 5.10 Å². The second kappa shape index (κ2) is 7.27. The molecule has 0 atom stereocenters. The molecule has 1 aliphatic heterocycles. The molecule has 1 N–H and O–H groups in total. The van der Waals surface area contributed by atoms with Crippen LogP contribution in [-0.2, 0) is 4.79 Å². The van der Waals surface area contributed by atoms with Crippen LogP contribution in [-0.4, -0.2) is 44.8 Å². The molecule has 1 fully saturated rings. The van der Waals surface area contributed by atoms with Gasteiger partial charge in [0.05, 0.1) is 28.2 Å². The maximum atomic E-state index is 12.8. The number of hydrogen-bond acceptors (Lipinski definition) is 3. The largest absolute Gasteiger partial charge is 0.481 e. The number of para-hydroxylation sites is 1. The summed E-state index contributed by atoms with van der Waals surface area (Å²) in [6, 6.07) is 7.36. The third-order valence-electron chi connectivity index (χ3n) is 4.69. The van der Waals surface area contributed by atoms with Crippen molar-refractivity contribution in [2.24, 2.45) is 5.92 Å². The van der Waals surface area contributed by atoms with E-state index in [9.17, 15) is 9.59 Å². The highest BCUT2D eigenvalue weighted by atomic mass is 35.5. The maximum absolute atomic E-state index is 12.8. The summed E-state index contributed by atoms with van der Waals surface area (Å²) in [6.07, 6.45) is 3.18. The molecule has 2 heterocycles. The predicted molar refractivity (Wildman–Crippen MR) is 94.2 cm³/mol. The maximum Gasteiger partial charge on any atom is 0.303 e. The van der Waals surface area contributed by atoms with Crippen molar-refractivity contribution in [3.63, 3.8) is 0 Å². The van der Waals surface area contributed by atoms with Crippen LogP contribution in [0.3, 0.4) is 0 Å². The van der Waals surface area contributed by atoms with E-state index >= 15 is 0 Å². The van der Waals surface area contributed by atoms with Crippen molar-refractivity contribution in [2.45, 2.75) is 26.2 Å². The first-order chi connectivity index (χ1) is 12.0. The third kappa shape index (κ3) is 3.69. The number of aliphatic carboxylic acids is 1. The lowest BCUT2D eigenvalue weighted by atomic mass is 9.93. The zero-order valence-electron chi connectivity index (χ0n) is 14.0. The number of carboxylic acid groups (broad SMARTS) is 1. The second-order valence-electron chi connectivity index (χ2n) is 6.34. The number of nitrogens with zero attached hydrogens (tertiary/aromatic N) is 3. The van der Waals surface area contributed by atoms with E-state index in [1.807, 2.05) is 25.1 Å². The van der Waals surface area contributed by atoms with Crippen LogP contribution in [0, 0.1) is 12.8 Å². The summed E-state index contributed by atoms with van der Waals surface area (Å²) in [4.78, 5) is 25.4. The van der Waals surface area contributed by atoms with Crippen molar-refractivity contribution >= 4 is 23.5 Å². The number of piperidine rings is 1. The monoisotopic (exact) mass is 361 g/mol. The summed E-state index contributed by atoms with van der Waals surface area (Å²) in [6.45, 7) is 3.00. The van der Waals surface area contributed by atoms with Gasteiger partial charge < -0.3 is 10.0 Å². The molecule has 25 heavy (non-hydrogen) atoms. The fourth-order valence-corrected chi connectivity index (χ4v) is 3.46. The van der Waals surface area contributed by atoms with Gasteiger partial charge in [-0.1, -0.05) is 23.7 Å². The highest BCUT2D eigenvalue weighted by molar-refractivity contribution is 6.32. The van der Waals surface area contributed by atoms with Crippen molar-refractivity contribution in [3.8, 4) is 5.69 Å². The summed E-state index contributed by atoms with van der Waals surface area (Å²) >= 11 is 6.22. The molecule has 1 saturated heterocycles. The number of hydrogen-bond donors (Lipinski definition) is 1. The first kappa shape index (κ1) is 17.5. The molecular weight excluding hydrogens is 342 g/mol. The molecule has 6 nitrogen and oxygen atoms in total. The summed E-state index contributed by atoms with van der Waals surface area (Å²) in [5.74, 6) is -0.695. The Bertz CT molecular complexity index is 795. The summed E-state index contributed by atoms with van der Waals surface area (Å²) < 4.78 is 1.67. The minimum Gasteiger partial charge on any atom is -0.481 e. The van der Waals surface area contributed by atoms with Gasteiger partial charge in [0.2, 0.25) is 0 Å². The van der Waals surface area contributed by atoms with Gasteiger partial charge >= 0.3 is 5.97 Å². The van der Waals surface area contributed by atoms with Crippen LogP contribution in [0.2, 0.25) is 5.02 Å². The number of carbonyl (C=O) groups excluding carboxylic acids is 1. The molecule has 3 rings (SSSR count). The molecule has 1 amide bonds. The Labute approximate surface area is 151 Å². The highest BCUT2D eigenvalue weighted by Gasteiger charge is 2.27. The Kier molecular flexibility index (Phi) is 5.08. The van der Waals surface area contributed by atoms with E-state index < -0.39 is 5.97 Å². The number of carbonyl (C=O) groups is 2.